The number of benzene rings is 2. The van der Waals surface area contributed by atoms with Gasteiger partial charge in [-0.15, -0.1) is 11.3 Å². The van der Waals surface area contributed by atoms with E-state index < -0.39 is 40.0 Å². The summed E-state index contributed by atoms with van der Waals surface area (Å²) in [6.07, 6.45) is 0.908. The van der Waals surface area contributed by atoms with Crippen LogP contribution in [0, 0.1) is 5.82 Å². The van der Waals surface area contributed by atoms with Gasteiger partial charge in [0.25, 0.3) is 0 Å². The van der Waals surface area contributed by atoms with Crippen molar-refractivity contribution in [2.75, 3.05) is 30.7 Å². The molecule has 2 aromatic carbocycles. The maximum Gasteiger partial charge on any atom is 0.352 e. The van der Waals surface area contributed by atoms with Gasteiger partial charge in [-0.1, -0.05) is 35.9 Å². The molecule has 0 amide bonds. The first kappa shape index (κ1) is 32.5. The summed E-state index contributed by atoms with van der Waals surface area (Å²) in [5, 5.41) is 12.2. The van der Waals surface area contributed by atoms with Crippen molar-refractivity contribution in [1.82, 2.24) is 4.31 Å². The number of carboxylic acid groups (broad SMARTS) is 1. The van der Waals surface area contributed by atoms with Crippen LogP contribution in [0.1, 0.15) is 48.8 Å². The molecule has 1 aromatic heterocycles. The third kappa shape index (κ3) is 8.17. The van der Waals surface area contributed by atoms with Crippen LogP contribution in [0.5, 0.6) is 5.75 Å². The molecule has 232 valence electrons. The molecule has 1 saturated heterocycles. The summed E-state index contributed by atoms with van der Waals surface area (Å²) in [6.45, 7) is 4.80. The largest absolute Gasteiger partial charge is 0.479 e. The summed E-state index contributed by atoms with van der Waals surface area (Å²) in [6, 6.07) is 11.2. The number of nitrogens with one attached hydrogen (secondary N) is 1. The quantitative estimate of drug-likeness (QED) is 0.187. The van der Waals surface area contributed by atoms with E-state index in [9.17, 15) is 18.0 Å². The van der Waals surface area contributed by atoms with E-state index in [1.807, 2.05) is 0 Å². The van der Waals surface area contributed by atoms with Crippen molar-refractivity contribution < 1.29 is 37.0 Å². The smallest absolute Gasteiger partial charge is 0.352 e. The van der Waals surface area contributed by atoms with Crippen LogP contribution in [-0.2, 0) is 25.3 Å². The van der Waals surface area contributed by atoms with Gasteiger partial charge in [0.2, 0.25) is 10.0 Å². The predicted molar refractivity (Wildman–Crippen MR) is 165 cm³/mol. The van der Waals surface area contributed by atoms with E-state index in [0.29, 0.717) is 24.1 Å². The fourth-order valence-electron chi connectivity index (χ4n) is 4.59. The highest BCUT2D eigenvalue weighted by Crippen LogP contribution is 2.47. The van der Waals surface area contributed by atoms with Crippen molar-refractivity contribution in [2.45, 2.75) is 51.0 Å². The number of sulfonamides is 1. The number of hydrogen-bond acceptors (Lipinski definition) is 9. The van der Waals surface area contributed by atoms with Crippen molar-refractivity contribution >= 4 is 56.3 Å². The lowest BCUT2D eigenvalue weighted by Crippen LogP contribution is -2.42. The molecule has 0 unspecified atom stereocenters. The molecule has 0 aliphatic carbocycles. The second kappa shape index (κ2) is 13.1. The number of anilines is 2. The molecular weight excluding hydrogens is 621 g/mol. The SMILES string of the molecule is CC(C)(C)OC(=O)c1sc(-c2cccc(NC3CCN(S(=O)(=O)Cc4cccc(N)c4)CC3)c2F)c(Cl)c1OCC(=O)O. The number of ether oxygens (including phenoxy) is 2. The Labute approximate surface area is 258 Å². The number of carbonyl (C=O) groups excluding carboxylic acids is 1. The first-order valence-electron chi connectivity index (χ1n) is 13.4. The fourth-order valence-corrected chi connectivity index (χ4v) is 7.60. The molecule has 14 heteroatoms. The zero-order valence-corrected chi connectivity index (χ0v) is 26.2. The summed E-state index contributed by atoms with van der Waals surface area (Å²) in [5.41, 5.74) is 6.29. The minimum Gasteiger partial charge on any atom is -0.479 e. The topological polar surface area (TPSA) is 148 Å². The molecular formula is C29H33ClFN3O7S2. The Morgan fingerprint density at radius 3 is 2.49 bits per heavy atom. The number of carbonyl (C=O) groups is 2. The summed E-state index contributed by atoms with van der Waals surface area (Å²) in [7, 11) is -3.56. The number of nitrogens with two attached hydrogens (primary N) is 1. The molecule has 43 heavy (non-hydrogen) atoms. The van der Waals surface area contributed by atoms with Crippen molar-refractivity contribution in [3.8, 4) is 16.2 Å². The standard InChI is InChI=1S/C29H33ClFN3O7S2/c1-29(2,3)41-28(37)27-25(40-15-22(35)36)23(30)26(42-27)20-8-5-9-21(24(20)31)33-19-10-12-34(13-11-19)43(38,39)16-17-6-4-7-18(32)14-17/h4-9,14,19,33H,10-13,15-16,32H2,1-3H3,(H,35,36). The molecule has 1 fully saturated rings. The molecule has 10 nitrogen and oxygen atoms in total. The number of hydrogen-bond donors (Lipinski definition) is 3. The van der Waals surface area contributed by atoms with Gasteiger partial charge in [-0.2, -0.15) is 0 Å². The van der Waals surface area contributed by atoms with E-state index in [0.717, 1.165) is 11.3 Å². The third-order valence-corrected chi connectivity index (χ3v) is 9.99. The number of nitrogen functional groups attached to an aromatic ring is 1. The summed E-state index contributed by atoms with van der Waals surface area (Å²) in [4.78, 5) is 24.1. The lowest BCUT2D eigenvalue weighted by atomic mass is 10.1. The Kier molecular flexibility index (Phi) is 9.90. The van der Waals surface area contributed by atoms with Crippen LogP contribution in [0.15, 0.2) is 42.5 Å². The van der Waals surface area contributed by atoms with Crippen LogP contribution < -0.4 is 15.8 Å². The molecule has 0 bridgehead atoms. The summed E-state index contributed by atoms with van der Waals surface area (Å²) < 4.78 is 54.0. The van der Waals surface area contributed by atoms with Crippen molar-refractivity contribution in [3.63, 3.8) is 0 Å². The number of carboxylic acids is 1. The molecule has 2 heterocycles. The molecule has 0 radical (unpaired) electrons. The van der Waals surface area contributed by atoms with Crippen molar-refractivity contribution in [3.05, 3.63) is 63.7 Å². The second-order valence-electron chi connectivity index (χ2n) is 11.1. The summed E-state index contributed by atoms with van der Waals surface area (Å²) in [5.74, 6) is -3.04. The van der Waals surface area contributed by atoms with E-state index in [1.54, 1.807) is 57.2 Å². The van der Waals surface area contributed by atoms with E-state index in [1.165, 1.54) is 10.4 Å². The van der Waals surface area contributed by atoms with Gasteiger partial charge in [0.1, 0.15) is 10.6 Å². The van der Waals surface area contributed by atoms with E-state index in [2.05, 4.69) is 5.32 Å². The lowest BCUT2D eigenvalue weighted by Gasteiger charge is -2.32. The minimum absolute atomic E-state index is 0.0807. The average Bonchev–Trinajstić information content (AvgIpc) is 3.23. The minimum atomic E-state index is -3.56. The molecule has 0 saturated carbocycles. The summed E-state index contributed by atoms with van der Waals surface area (Å²) >= 11 is 7.37. The van der Waals surface area contributed by atoms with Crippen LogP contribution in [0.25, 0.3) is 10.4 Å². The third-order valence-electron chi connectivity index (χ3n) is 6.48. The van der Waals surface area contributed by atoms with Gasteiger partial charge in [-0.25, -0.2) is 26.7 Å². The highest BCUT2D eigenvalue weighted by atomic mass is 35.5. The number of thiophene rings is 1. The molecule has 4 rings (SSSR count). The Morgan fingerprint density at radius 2 is 1.86 bits per heavy atom. The molecule has 1 aliphatic rings. The number of esters is 1. The highest BCUT2D eigenvalue weighted by Gasteiger charge is 2.31. The maximum atomic E-state index is 15.9. The van der Waals surface area contributed by atoms with Gasteiger partial charge in [0, 0.05) is 30.4 Å². The molecule has 0 spiro atoms. The zero-order valence-electron chi connectivity index (χ0n) is 23.9. The number of halogens is 2. The Balaban J connectivity index is 1.51. The molecule has 0 atom stereocenters. The normalized spacial score (nSPS) is 14.8. The van der Waals surface area contributed by atoms with Crippen LogP contribution in [0.2, 0.25) is 5.02 Å². The van der Waals surface area contributed by atoms with Gasteiger partial charge >= 0.3 is 11.9 Å². The lowest BCUT2D eigenvalue weighted by molar-refractivity contribution is -0.139. The van der Waals surface area contributed by atoms with E-state index >= 15 is 4.39 Å². The molecule has 3 aromatic rings. The number of nitrogens with zero attached hydrogens (tertiary/aromatic N) is 1. The van der Waals surface area contributed by atoms with Gasteiger partial charge < -0.3 is 25.6 Å². The van der Waals surface area contributed by atoms with Crippen LogP contribution in [0.3, 0.4) is 0 Å². The fraction of sp³-hybridized carbons (Fsp3) is 0.379. The average molecular weight is 654 g/mol. The Hall–Kier alpha value is -3.39. The van der Waals surface area contributed by atoms with Gasteiger partial charge in [-0.3, -0.25) is 0 Å². The Morgan fingerprint density at radius 1 is 1.19 bits per heavy atom. The van der Waals surface area contributed by atoms with Gasteiger partial charge in [-0.05, 0) is 57.4 Å². The second-order valence-corrected chi connectivity index (χ2v) is 14.4. The van der Waals surface area contributed by atoms with Gasteiger partial charge in [0.15, 0.2) is 23.1 Å². The maximum absolute atomic E-state index is 15.9. The molecule has 4 N–H and O–H groups in total. The first-order chi connectivity index (χ1) is 20.1. The van der Waals surface area contributed by atoms with Crippen LogP contribution in [-0.4, -0.2) is 61.1 Å². The highest BCUT2D eigenvalue weighted by molar-refractivity contribution is 7.88. The van der Waals surface area contributed by atoms with E-state index in [-0.39, 0.29) is 56.7 Å². The molecule has 1 aliphatic heterocycles. The van der Waals surface area contributed by atoms with Crippen LogP contribution >= 0.6 is 22.9 Å². The number of piperidine rings is 1. The zero-order chi connectivity index (χ0) is 31.5. The number of aliphatic carboxylic acids is 1. The predicted octanol–water partition coefficient (Wildman–Crippen LogP) is 5.61. The van der Waals surface area contributed by atoms with Crippen molar-refractivity contribution in [1.29, 1.82) is 0 Å². The first-order valence-corrected chi connectivity index (χ1v) is 16.2. The van der Waals surface area contributed by atoms with Gasteiger partial charge in [0.05, 0.1) is 16.3 Å². The number of rotatable bonds is 10. The monoisotopic (exact) mass is 653 g/mol. The van der Waals surface area contributed by atoms with Crippen molar-refractivity contribution in [2.24, 2.45) is 0 Å². The van der Waals surface area contributed by atoms with E-state index in [4.69, 9.17) is 31.9 Å². The van der Waals surface area contributed by atoms with Crippen LogP contribution in [0.4, 0.5) is 15.8 Å². The Bertz CT molecular complexity index is 1610.